The molecule has 0 unspecified atom stereocenters. The molecular weight excluding hydrogens is 220 g/mol. The van der Waals surface area contributed by atoms with Gasteiger partial charge in [-0.25, -0.2) is 0 Å². The van der Waals surface area contributed by atoms with Gasteiger partial charge in [0, 0.05) is 13.1 Å². The number of hydrogen-bond acceptors (Lipinski definition) is 2. The molecule has 102 valence electrons. The molecule has 0 atom stereocenters. The molecule has 0 aliphatic heterocycles. The molecule has 2 nitrogen and oxygen atoms in total. The van der Waals surface area contributed by atoms with Crippen molar-refractivity contribution in [2.75, 3.05) is 6.54 Å². The fourth-order valence-electron chi connectivity index (χ4n) is 2.13. The maximum atomic E-state index is 5.63. The molecule has 0 saturated heterocycles. The van der Waals surface area contributed by atoms with Crippen LogP contribution in [-0.2, 0) is 13.1 Å². The number of unbranched alkanes of at least 4 members (excludes halogenated alkanes) is 5. The molecule has 0 aliphatic carbocycles. The van der Waals surface area contributed by atoms with Crippen LogP contribution in [0.3, 0.4) is 0 Å². The lowest BCUT2D eigenvalue weighted by molar-refractivity contribution is 0.572. The van der Waals surface area contributed by atoms with Gasteiger partial charge in [0.05, 0.1) is 0 Å². The third kappa shape index (κ3) is 6.77. The highest BCUT2D eigenvalue weighted by molar-refractivity contribution is 5.23. The summed E-state index contributed by atoms with van der Waals surface area (Å²) in [5.41, 5.74) is 8.19. The summed E-state index contributed by atoms with van der Waals surface area (Å²) in [6.45, 7) is 4.98. The molecule has 2 heteroatoms. The molecule has 1 aromatic carbocycles. The van der Waals surface area contributed by atoms with Crippen LogP contribution in [0.5, 0.6) is 0 Å². The maximum absolute atomic E-state index is 5.63. The van der Waals surface area contributed by atoms with Crippen molar-refractivity contribution in [1.29, 1.82) is 0 Å². The maximum Gasteiger partial charge on any atom is 0.0205 e. The van der Waals surface area contributed by atoms with Crippen LogP contribution < -0.4 is 11.1 Å². The zero-order chi connectivity index (χ0) is 13.1. The molecule has 0 heterocycles. The number of hydrogen-bond donors (Lipinski definition) is 2. The van der Waals surface area contributed by atoms with Crippen molar-refractivity contribution in [1.82, 2.24) is 5.32 Å². The minimum Gasteiger partial charge on any atom is -0.326 e. The standard InChI is InChI=1S/C16H28N2/c1-2-3-4-5-6-7-11-18-14-16-10-8-9-15(12-16)13-17/h8-10,12,18H,2-7,11,13-14,17H2,1H3. The second kappa shape index (κ2) is 10.1. The molecule has 0 bridgehead atoms. The first-order valence-electron chi connectivity index (χ1n) is 7.35. The van der Waals surface area contributed by atoms with Crippen LogP contribution in [0.4, 0.5) is 0 Å². The minimum atomic E-state index is 0.630. The zero-order valence-electron chi connectivity index (χ0n) is 11.8. The van der Waals surface area contributed by atoms with E-state index in [9.17, 15) is 0 Å². The summed E-state index contributed by atoms with van der Waals surface area (Å²) in [6, 6.07) is 8.52. The van der Waals surface area contributed by atoms with E-state index in [0.717, 1.165) is 13.1 Å². The lowest BCUT2D eigenvalue weighted by atomic mass is 10.1. The van der Waals surface area contributed by atoms with Crippen molar-refractivity contribution in [3.05, 3.63) is 35.4 Å². The predicted octanol–water partition coefficient (Wildman–Crippen LogP) is 3.60. The van der Waals surface area contributed by atoms with Crippen molar-refractivity contribution < 1.29 is 0 Å². The Labute approximate surface area is 112 Å². The summed E-state index contributed by atoms with van der Waals surface area (Å²) in [4.78, 5) is 0. The van der Waals surface area contributed by atoms with E-state index < -0.39 is 0 Å². The van der Waals surface area contributed by atoms with Crippen LogP contribution in [-0.4, -0.2) is 6.54 Å². The van der Waals surface area contributed by atoms with E-state index in [1.165, 1.54) is 49.7 Å². The fraction of sp³-hybridized carbons (Fsp3) is 0.625. The summed E-state index contributed by atoms with van der Waals surface area (Å²) in [5, 5.41) is 3.50. The lowest BCUT2D eigenvalue weighted by Gasteiger charge is -2.06. The molecule has 0 radical (unpaired) electrons. The number of nitrogens with two attached hydrogens (primary N) is 1. The van der Waals surface area contributed by atoms with E-state index in [-0.39, 0.29) is 0 Å². The fourth-order valence-corrected chi connectivity index (χ4v) is 2.13. The molecule has 0 fully saturated rings. The summed E-state index contributed by atoms with van der Waals surface area (Å²) in [5.74, 6) is 0. The van der Waals surface area contributed by atoms with E-state index in [1.807, 2.05) is 0 Å². The van der Waals surface area contributed by atoms with E-state index in [4.69, 9.17) is 5.73 Å². The Morgan fingerprint density at radius 1 is 1.00 bits per heavy atom. The van der Waals surface area contributed by atoms with Gasteiger partial charge in [0.1, 0.15) is 0 Å². The second-order valence-corrected chi connectivity index (χ2v) is 4.97. The minimum absolute atomic E-state index is 0.630. The Balaban J connectivity index is 2.03. The van der Waals surface area contributed by atoms with Gasteiger partial charge in [-0.05, 0) is 24.1 Å². The Bertz CT molecular complexity index is 310. The van der Waals surface area contributed by atoms with Gasteiger partial charge in [0.2, 0.25) is 0 Å². The molecule has 0 amide bonds. The third-order valence-corrected chi connectivity index (χ3v) is 3.26. The van der Waals surface area contributed by atoms with Crippen molar-refractivity contribution in [2.45, 2.75) is 58.5 Å². The van der Waals surface area contributed by atoms with Crippen molar-refractivity contribution >= 4 is 0 Å². The molecule has 0 spiro atoms. The van der Waals surface area contributed by atoms with Gasteiger partial charge < -0.3 is 11.1 Å². The predicted molar refractivity (Wildman–Crippen MR) is 79.4 cm³/mol. The molecule has 0 aromatic heterocycles. The Morgan fingerprint density at radius 2 is 1.72 bits per heavy atom. The van der Waals surface area contributed by atoms with E-state index in [1.54, 1.807) is 0 Å². The van der Waals surface area contributed by atoms with Gasteiger partial charge in [-0.2, -0.15) is 0 Å². The Hall–Kier alpha value is -0.860. The first kappa shape index (κ1) is 15.2. The summed E-state index contributed by atoms with van der Waals surface area (Å²) >= 11 is 0. The number of nitrogens with one attached hydrogen (secondary N) is 1. The molecular formula is C16H28N2. The van der Waals surface area contributed by atoms with Crippen LogP contribution in [0.1, 0.15) is 56.6 Å². The number of rotatable bonds is 10. The van der Waals surface area contributed by atoms with Gasteiger partial charge >= 0.3 is 0 Å². The first-order chi connectivity index (χ1) is 8.86. The normalized spacial score (nSPS) is 10.8. The van der Waals surface area contributed by atoms with E-state index >= 15 is 0 Å². The molecule has 0 saturated carbocycles. The molecule has 1 aromatic rings. The van der Waals surface area contributed by atoms with Crippen LogP contribution in [0, 0.1) is 0 Å². The highest BCUT2D eigenvalue weighted by Crippen LogP contribution is 2.06. The van der Waals surface area contributed by atoms with Crippen LogP contribution in [0.2, 0.25) is 0 Å². The molecule has 18 heavy (non-hydrogen) atoms. The smallest absolute Gasteiger partial charge is 0.0205 e. The van der Waals surface area contributed by atoms with Gasteiger partial charge in [-0.3, -0.25) is 0 Å². The molecule has 3 N–H and O–H groups in total. The average molecular weight is 248 g/mol. The summed E-state index contributed by atoms with van der Waals surface area (Å²) in [7, 11) is 0. The van der Waals surface area contributed by atoms with E-state index in [0.29, 0.717) is 6.54 Å². The van der Waals surface area contributed by atoms with Crippen LogP contribution >= 0.6 is 0 Å². The van der Waals surface area contributed by atoms with Crippen LogP contribution in [0.25, 0.3) is 0 Å². The van der Waals surface area contributed by atoms with Crippen molar-refractivity contribution in [2.24, 2.45) is 5.73 Å². The quantitative estimate of drug-likeness (QED) is 0.621. The zero-order valence-corrected chi connectivity index (χ0v) is 11.8. The van der Waals surface area contributed by atoms with Gasteiger partial charge in [0.15, 0.2) is 0 Å². The van der Waals surface area contributed by atoms with Gasteiger partial charge in [-0.1, -0.05) is 63.3 Å². The van der Waals surface area contributed by atoms with Gasteiger partial charge in [-0.15, -0.1) is 0 Å². The summed E-state index contributed by atoms with van der Waals surface area (Å²) < 4.78 is 0. The van der Waals surface area contributed by atoms with E-state index in [2.05, 4.69) is 36.5 Å². The largest absolute Gasteiger partial charge is 0.326 e. The highest BCUT2D eigenvalue weighted by Gasteiger charge is 1.95. The summed E-state index contributed by atoms with van der Waals surface area (Å²) in [6.07, 6.45) is 8.15. The van der Waals surface area contributed by atoms with Crippen LogP contribution in [0.15, 0.2) is 24.3 Å². The van der Waals surface area contributed by atoms with Crippen molar-refractivity contribution in [3.8, 4) is 0 Å². The topological polar surface area (TPSA) is 38.0 Å². The first-order valence-corrected chi connectivity index (χ1v) is 7.35. The number of benzene rings is 1. The lowest BCUT2D eigenvalue weighted by Crippen LogP contribution is -2.14. The third-order valence-electron chi connectivity index (χ3n) is 3.26. The second-order valence-electron chi connectivity index (χ2n) is 4.97. The highest BCUT2D eigenvalue weighted by atomic mass is 14.8. The Kier molecular flexibility index (Phi) is 8.53. The molecule has 0 aliphatic rings. The van der Waals surface area contributed by atoms with Crippen molar-refractivity contribution in [3.63, 3.8) is 0 Å². The average Bonchev–Trinajstić information content (AvgIpc) is 2.42. The molecule has 1 rings (SSSR count). The monoisotopic (exact) mass is 248 g/mol. The van der Waals surface area contributed by atoms with Gasteiger partial charge in [0.25, 0.3) is 0 Å². The Morgan fingerprint density at radius 3 is 2.50 bits per heavy atom. The SMILES string of the molecule is CCCCCCCCNCc1cccc(CN)c1.